The molecule has 3 heterocycles. The Bertz CT molecular complexity index is 1180. The van der Waals surface area contributed by atoms with Gasteiger partial charge in [-0.25, -0.2) is 4.98 Å². The largest absolute Gasteiger partial charge is 0.351 e. The number of rotatable bonds is 4. The summed E-state index contributed by atoms with van der Waals surface area (Å²) in [7, 11) is 2.09. The highest BCUT2D eigenvalue weighted by Crippen LogP contribution is 2.26. The van der Waals surface area contributed by atoms with Gasteiger partial charge in [0.05, 0.1) is 5.69 Å². The van der Waals surface area contributed by atoms with Crippen molar-refractivity contribution < 1.29 is 9.59 Å². The Balaban J connectivity index is 0.00000259. The van der Waals surface area contributed by atoms with Crippen molar-refractivity contribution in [3.8, 4) is 0 Å². The number of hydrogen-bond donors (Lipinski definition) is 3. The van der Waals surface area contributed by atoms with Gasteiger partial charge in [-0.3, -0.25) is 9.59 Å². The van der Waals surface area contributed by atoms with Crippen LogP contribution in [-0.2, 0) is 13.0 Å². The summed E-state index contributed by atoms with van der Waals surface area (Å²) >= 11 is 4.96. The van der Waals surface area contributed by atoms with Crippen LogP contribution in [0.1, 0.15) is 56.5 Å². The van der Waals surface area contributed by atoms with Crippen LogP contribution in [0.25, 0.3) is 10.9 Å². The molecule has 3 N–H and O–H groups in total. The fourth-order valence-corrected chi connectivity index (χ4v) is 6.07. The molecule has 176 valence electrons. The number of benzene rings is 1. The minimum Gasteiger partial charge on any atom is -0.351 e. The predicted octanol–water partition coefficient (Wildman–Crippen LogP) is 4.27. The van der Waals surface area contributed by atoms with Crippen LogP contribution in [0.2, 0.25) is 0 Å². The molecule has 1 saturated carbocycles. The lowest BCUT2D eigenvalue weighted by molar-refractivity contribution is 0.0860. The van der Waals surface area contributed by atoms with Gasteiger partial charge < -0.3 is 20.5 Å². The second kappa shape index (κ2) is 10.1. The number of H-pyrrole nitrogens is 1. The van der Waals surface area contributed by atoms with E-state index in [0.717, 1.165) is 66.3 Å². The first kappa shape index (κ1) is 24.2. The minimum absolute atomic E-state index is 0. The van der Waals surface area contributed by atoms with Gasteiger partial charge in [-0.2, -0.15) is 0 Å². The summed E-state index contributed by atoms with van der Waals surface area (Å²) in [6, 6.07) is 7.55. The number of fused-ring (bicyclic) bond motifs is 2. The summed E-state index contributed by atoms with van der Waals surface area (Å²) in [5, 5.41) is 7.83. The van der Waals surface area contributed by atoms with E-state index in [1.165, 1.54) is 16.2 Å². The van der Waals surface area contributed by atoms with Crippen molar-refractivity contribution in [2.45, 2.75) is 50.7 Å². The standard InChI is InChI=1S/C23H26BrN5O2S.ClH/c1-29-9-8-18-20(12-29)32-23(28-18)22(31)27-17-5-3-2-4-16(17)26-21(30)19-11-13-10-14(24)6-7-15(13)25-19;/h6-7,10-11,16-17,25H,2-5,8-9,12H2,1H3,(H,26,30)(H,27,31);1H/t16-,17+;/m1./s1. The zero-order chi connectivity index (χ0) is 22.2. The van der Waals surface area contributed by atoms with Crippen LogP contribution in [0.3, 0.4) is 0 Å². The molecule has 10 heteroatoms. The molecule has 1 aliphatic heterocycles. The fraction of sp³-hybridized carbons (Fsp3) is 0.435. The van der Waals surface area contributed by atoms with Gasteiger partial charge in [-0.15, -0.1) is 23.7 Å². The topological polar surface area (TPSA) is 90.1 Å². The Morgan fingerprint density at radius 3 is 2.64 bits per heavy atom. The number of amides is 2. The van der Waals surface area contributed by atoms with E-state index < -0.39 is 0 Å². The van der Waals surface area contributed by atoms with Gasteiger partial charge in [0.25, 0.3) is 11.8 Å². The van der Waals surface area contributed by atoms with E-state index in [1.54, 1.807) is 0 Å². The Labute approximate surface area is 211 Å². The lowest BCUT2D eigenvalue weighted by Gasteiger charge is -2.32. The molecule has 2 atom stereocenters. The molecule has 3 aromatic rings. The first-order valence-electron chi connectivity index (χ1n) is 11.0. The van der Waals surface area contributed by atoms with Crippen LogP contribution in [0.5, 0.6) is 0 Å². The molecule has 0 unspecified atom stereocenters. The van der Waals surface area contributed by atoms with Crippen molar-refractivity contribution in [1.82, 2.24) is 25.5 Å². The van der Waals surface area contributed by atoms with E-state index in [-0.39, 0.29) is 36.3 Å². The van der Waals surface area contributed by atoms with Crippen molar-refractivity contribution in [3.63, 3.8) is 0 Å². The zero-order valence-electron chi connectivity index (χ0n) is 18.3. The lowest BCUT2D eigenvalue weighted by atomic mass is 9.90. The maximum atomic E-state index is 13.0. The molecule has 2 aliphatic rings. The quantitative estimate of drug-likeness (QED) is 0.451. The molecule has 5 rings (SSSR count). The number of aromatic nitrogens is 2. The first-order chi connectivity index (χ1) is 15.5. The fourth-order valence-electron chi connectivity index (χ4n) is 4.60. The molecular formula is C23H27BrClN5O2S. The zero-order valence-corrected chi connectivity index (χ0v) is 21.5. The molecule has 0 spiro atoms. The van der Waals surface area contributed by atoms with Crippen molar-refractivity contribution in [1.29, 1.82) is 0 Å². The number of likely N-dealkylation sites (N-methyl/N-ethyl adjacent to an activating group) is 1. The smallest absolute Gasteiger partial charge is 0.280 e. The van der Waals surface area contributed by atoms with E-state index >= 15 is 0 Å². The SMILES string of the molecule is CN1CCc2nc(C(=O)N[C@H]3CCCC[C@H]3NC(=O)c3cc4cc(Br)ccc4[nH]3)sc2C1.Cl. The lowest BCUT2D eigenvalue weighted by Crippen LogP contribution is -2.53. The van der Waals surface area contributed by atoms with E-state index in [2.05, 4.69) is 48.5 Å². The van der Waals surface area contributed by atoms with Crippen molar-refractivity contribution in [2.75, 3.05) is 13.6 Å². The summed E-state index contributed by atoms with van der Waals surface area (Å²) in [6.45, 7) is 1.82. The summed E-state index contributed by atoms with van der Waals surface area (Å²) in [5.74, 6) is -0.273. The third-order valence-corrected chi connectivity index (χ3v) is 7.92. The molecule has 1 aromatic carbocycles. The summed E-state index contributed by atoms with van der Waals surface area (Å²) < 4.78 is 0.974. The van der Waals surface area contributed by atoms with Crippen LogP contribution >= 0.6 is 39.7 Å². The highest BCUT2D eigenvalue weighted by Gasteiger charge is 2.30. The highest BCUT2D eigenvalue weighted by molar-refractivity contribution is 9.10. The molecular weight excluding hydrogens is 526 g/mol. The van der Waals surface area contributed by atoms with Crippen molar-refractivity contribution in [3.05, 3.63) is 50.0 Å². The van der Waals surface area contributed by atoms with Crippen LogP contribution < -0.4 is 10.6 Å². The third-order valence-electron chi connectivity index (χ3n) is 6.34. The number of hydrogen-bond acceptors (Lipinski definition) is 5. The van der Waals surface area contributed by atoms with Gasteiger partial charge >= 0.3 is 0 Å². The second-order valence-corrected chi connectivity index (χ2v) is 10.7. The van der Waals surface area contributed by atoms with Crippen LogP contribution in [0.15, 0.2) is 28.7 Å². The van der Waals surface area contributed by atoms with Crippen LogP contribution in [0.4, 0.5) is 0 Å². The van der Waals surface area contributed by atoms with Crippen molar-refractivity contribution >= 4 is 62.4 Å². The van der Waals surface area contributed by atoms with Crippen LogP contribution in [0, 0.1) is 0 Å². The number of nitrogens with zero attached hydrogens (tertiary/aromatic N) is 2. The number of thiazole rings is 1. The Kier molecular flexibility index (Phi) is 7.43. The van der Waals surface area contributed by atoms with Gasteiger partial charge in [0.1, 0.15) is 5.69 Å². The number of carbonyl (C=O) groups is 2. The van der Waals surface area contributed by atoms with E-state index in [9.17, 15) is 9.59 Å². The normalized spacial score (nSPS) is 20.7. The van der Waals surface area contributed by atoms with E-state index in [0.29, 0.717) is 10.7 Å². The summed E-state index contributed by atoms with van der Waals surface area (Å²) in [5.41, 5.74) is 2.51. The highest BCUT2D eigenvalue weighted by atomic mass is 79.9. The first-order valence-corrected chi connectivity index (χ1v) is 12.6. The number of carbonyl (C=O) groups excluding carboxylic acids is 2. The van der Waals surface area contributed by atoms with E-state index in [4.69, 9.17) is 0 Å². The molecule has 0 saturated heterocycles. The molecule has 1 fully saturated rings. The van der Waals surface area contributed by atoms with Gasteiger partial charge in [0, 0.05) is 51.8 Å². The average molecular weight is 553 g/mol. The maximum absolute atomic E-state index is 13.0. The maximum Gasteiger partial charge on any atom is 0.280 e. The molecule has 7 nitrogen and oxygen atoms in total. The molecule has 33 heavy (non-hydrogen) atoms. The molecule has 0 bridgehead atoms. The van der Waals surface area contributed by atoms with Crippen LogP contribution in [-0.4, -0.2) is 52.4 Å². The Morgan fingerprint density at radius 2 is 1.88 bits per heavy atom. The monoisotopic (exact) mass is 551 g/mol. The van der Waals surface area contributed by atoms with Gasteiger partial charge in [0.15, 0.2) is 5.01 Å². The predicted molar refractivity (Wildman–Crippen MR) is 136 cm³/mol. The number of halogens is 2. The van der Waals surface area contributed by atoms with Gasteiger partial charge in [0.2, 0.25) is 0 Å². The molecule has 1 aliphatic carbocycles. The summed E-state index contributed by atoms with van der Waals surface area (Å²) in [4.78, 5) is 37.1. The molecule has 0 radical (unpaired) electrons. The molecule has 2 amide bonds. The third kappa shape index (κ3) is 5.26. The minimum atomic E-state index is -0.142. The average Bonchev–Trinajstić information content (AvgIpc) is 3.38. The number of aromatic amines is 1. The van der Waals surface area contributed by atoms with Gasteiger partial charge in [-0.05, 0) is 44.2 Å². The van der Waals surface area contributed by atoms with Gasteiger partial charge in [-0.1, -0.05) is 28.8 Å². The summed E-state index contributed by atoms with van der Waals surface area (Å²) in [6.07, 6.45) is 4.66. The second-order valence-electron chi connectivity index (χ2n) is 8.74. The molecule has 2 aromatic heterocycles. The Morgan fingerprint density at radius 1 is 1.15 bits per heavy atom. The number of nitrogens with one attached hydrogen (secondary N) is 3. The van der Waals surface area contributed by atoms with Crippen molar-refractivity contribution in [2.24, 2.45) is 0 Å². The van der Waals surface area contributed by atoms with E-state index in [1.807, 2.05) is 24.3 Å². The Hall–Kier alpha value is -1.94.